The lowest BCUT2D eigenvalue weighted by atomic mass is 9.98. The number of ether oxygens (including phenoxy) is 1. The Labute approximate surface area is 114 Å². The molecule has 1 aromatic rings. The zero-order valence-electron chi connectivity index (χ0n) is 11.6. The summed E-state index contributed by atoms with van der Waals surface area (Å²) >= 11 is 0. The number of nitrogens with one attached hydrogen (secondary N) is 1. The molecule has 0 radical (unpaired) electrons. The molecule has 1 N–H and O–H groups in total. The fourth-order valence-corrected chi connectivity index (χ4v) is 2.45. The molecular weight excluding hydrogens is 242 g/mol. The van der Waals surface area contributed by atoms with Crippen molar-refractivity contribution in [3.63, 3.8) is 0 Å². The Hall–Kier alpha value is -1.62. The highest BCUT2D eigenvalue weighted by Crippen LogP contribution is 2.18. The molecule has 0 spiro atoms. The Bertz CT molecular complexity index is 417. The van der Waals surface area contributed by atoms with E-state index >= 15 is 0 Å². The van der Waals surface area contributed by atoms with E-state index in [0.717, 1.165) is 38.2 Å². The predicted octanol–water partition coefficient (Wildman–Crippen LogP) is 1.62. The lowest BCUT2D eigenvalue weighted by Crippen LogP contribution is -2.41. The third-order valence-corrected chi connectivity index (χ3v) is 3.48. The molecule has 1 amide bonds. The normalized spacial score (nSPS) is 19.3. The van der Waals surface area contributed by atoms with Gasteiger partial charge in [-0.1, -0.05) is 0 Å². The van der Waals surface area contributed by atoms with Crippen molar-refractivity contribution in [2.24, 2.45) is 5.92 Å². The number of nitrogens with zero attached hydrogens (tertiary/aromatic N) is 2. The van der Waals surface area contributed by atoms with Crippen LogP contribution in [0, 0.1) is 5.92 Å². The van der Waals surface area contributed by atoms with Crippen LogP contribution in [0.3, 0.4) is 0 Å². The Morgan fingerprint density at radius 2 is 2.42 bits per heavy atom. The van der Waals surface area contributed by atoms with Crippen LogP contribution in [0.1, 0.15) is 23.3 Å². The van der Waals surface area contributed by atoms with Crippen molar-refractivity contribution in [3.8, 4) is 0 Å². The fourth-order valence-electron chi connectivity index (χ4n) is 2.45. The number of pyridine rings is 1. The molecule has 1 atom stereocenters. The number of rotatable bonds is 4. The molecule has 0 saturated carbocycles. The molecule has 0 bridgehead atoms. The Balaban J connectivity index is 2.01. The van der Waals surface area contributed by atoms with Crippen LogP contribution in [-0.2, 0) is 4.74 Å². The molecule has 5 heteroatoms. The summed E-state index contributed by atoms with van der Waals surface area (Å²) in [4.78, 5) is 18.4. The van der Waals surface area contributed by atoms with Crippen LogP contribution >= 0.6 is 0 Å². The van der Waals surface area contributed by atoms with E-state index in [1.807, 2.05) is 18.0 Å². The van der Waals surface area contributed by atoms with Gasteiger partial charge in [-0.2, -0.15) is 0 Å². The van der Waals surface area contributed by atoms with Crippen molar-refractivity contribution in [2.45, 2.75) is 12.8 Å². The minimum atomic E-state index is 0.0171. The zero-order valence-corrected chi connectivity index (χ0v) is 11.6. The molecule has 0 aromatic carbocycles. The van der Waals surface area contributed by atoms with Crippen molar-refractivity contribution in [1.29, 1.82) is 0 Å². The first-order chi connectivity index (χ1) is 9.24. The number of carbonyl (C=O) groups is 1. The highest BCUT2D eigenvalue weighted by Gasteiger charge is 2.24. The van der Waals surface area contributed by atoms with Crippen LogP contribution in [-0.4, -0.2) is 49.6 Å². The monoisotopic (exact) mass is 263 g/mol. The van der Waals surface area contributed by atoms with Crippen molar-refractivity contribution in [3.05, 3.63) is 24.0 Å². The van der Waals surface area contributed by atoms with Gasteiger partial charge in [0.25, 0.3) is 5.91 Å². The number of hydrogen-bond acceptors (Lipinski definition) is 4. The van der Waals surface area contributed by atoms with Gasteiger partial charge in [0.15, 0.2) is 0 Å². The van der Waals surface area contributed by atoms with Gasteiger partial charge in [0.2, 0.25) is 0 Å². The molecule has 5 nitrogen and oxygen atoms in total. The van der Waals surface area contributed by atoms with Gasteiger partial charge >= 0.3 is 0 Å². The minimum absolute atomic E-state index is 0.0171. The van der Waals surface area contributed by atoms with E-state index in [1.165, 1.54) is 0 Å². The first-order valence-corrected chi connectivity index (χ1v) is 6.66. The number of methoxy groups -OCH3 is 1. The third kappa shape index (κ3) is 3.44. The molecule has 1 saturated heterocycles. The van der Waals surface area contributed by atoms with Crippen LogP contribution < -0.4 is 5.32 Å². The second kappa shape index (κ2) is 6.52. The smallest absolute Gasteiger partial charge is 0.272 e. The van der Waals surface area contributed by atoms with Crippen molar-refractivity contribution in [2.75, 3.05) is 39.2 Å². The number of amides is 1. The molecule has 1 aliphatic heterocycles. The van der Waals surface area contributed by atoms with Gasteiger partial charge in [-0.3, -0.25) is 4.79 Å². The summed E-state index contributed by atoms with van der Waals surface area (Å²) in [5.74, 6) is 0.461. The Morgan fingerprint density at radius 3 is 3.05 bits per heavy atom. The lowest BCUT2D eigenvalue weighted by molar-refractivity contribution is 0.0566. The van der Waals surface area contributed by atoms with Gasteiger partial charge in [0.05, 0.1) is 18.5 Å². The van der Waals surface area contributed by atoms with Gasteiger partial charge in [-0.15, -0.1) is 0 Å². The van der Waals surface area contributed by atoms with E-state index < -0.39 is 0 Å². The van der Waals surface area contributed by atoms with E-state index in [1.54, 1.807) is 19.4 Å². The van der Waals surface area contributed by atoms with E-state index in [0.29, 0.717) is 11.6 Å². The topological polar surface area (TPSA) is 54.5 Å². The van der Waals surface area contributed by atoms with E-state index in [4.69, 9.17) is 4.74 Å². The second-order valence-electron chi connectivity index (χ2n) is 4.90. The molecule has 2 rings (SSSR count). The third-order valence-electron chi connectivity index (χ3n) is 3.48. The quantitative estimate of drug-likeness (QED) is 0.897. The number of likely N-dealkylation sites (tertiary alicyclic amines) is 1. The molecule has 1 aliphatic rings. The summed E-state index contributed by atoms with van der Waals surface area (Å²) in [5, 5.41) is 2.99. The predicted molar refractivity (Wildman–Crippen MR) is 74.3 cm³/mol. The van der Waals surface area contributed by atoms with Crippen molar-refractivity contribution in [1.82, 2.24) is 9.88 Å². The standard InChI is InChI=1S/C14H21N3O2/c1-15-12-5-6-13(16-8-12)14(18)17-7-3-4-11(9-17)10-19-2/h5-6,8,11,15H,3-4,7,9-10H2,1-2H3. The largest absolute Gasteiger partial charge is 0.387 e. The number of anilines is 1. The van der Waals surface area contributed by atoms with Gasteiger partial charge in [-0.25, -0.2) is 4.98 Å². The van der Waals surface area contributed by atoms with Crippen molar-refractivity contribution < 1.29 is 9.53 Å². The summed E-state index contributed by atoms with van der Waals surface area (Å²) in [7, 11) is 3.54. The van der Waals surface area contributed by atoms with E-state index in [9.17, 15) is 4.79 Å². The lowest BCUT2D eigenvalue weighted by Gasteiger charge is -2.32. The van der Waals surface area contributed by atoms with E-state index in [-0.39, 0.29) is 5.91 Å². The summed E-state index contributed by atoms with van der Waals surface area (Å²) in [6.45, 7) is 2.30. The number of piperidine rings is 1. The molecular formula is C14H21N3O2. The summed E-state index contributed by atoms with van der Waals surface area (Å²) < 4.78 is 5.18. The summed E-state index contributed by atoms with van der Waals surface area (Å²) in [6, 6.07) is 3.64. The first-order valence-electron chi connectivity index (χ1n) is 6.66. The molecule has 1 fully saturated rings. The van der Waals surface area contributed by atoms with Gasteiger partial charge in [0, 0.05) is 27.2 Å². The van der Waals surface area contributed by atoms with Gasteiger partial charge < -0.3 is 15.0 Å². The van der Waals surface area contributed by atoms with Crippen LogP contribution in [0.4, 0.5) is 5.69 Å². The van der Waals surface area contributed by atoms with Gasteiger partial charge in [-0.05, 0) is 30.9 Å². The summed E-state index contributed by atoms with van der Waals surface area (Å²) in [6.07, 6.45) is 3.85. The van der Waals surface area contributed by atoms with Crippen LogP contribution in [0.5, 0.6) is 0 Å². The SMILES string of the molecule is CNc1ccc(C(=O)N2CCCC(COC)C2)nc1. The molecule has 0 aliphatic carbocycles. The Morgan fingerprint density at radius 1 is 1.58 bits per heavy atom. The Kier molecular flexibility index (Phi) is 4.74. The van der Waals surface area contributed by atoms with Crippen LogP contribution in [0.25, 0.3) is 0 Å². The second-order valence-corrected chi connectivity index (χ2v) is 4.90. The molecule has 1 unspecified atom stereocenters. The molecule has 2 heterocycles. The summed E-state index contributed by atoms with van der Waals surface area (Å²) in [5.41, 5.74) is 1.42. The fraction of sp³-hybridized carbons (Fsp3) is 0.571. The highest BCUT2D eigenvalue weighted by atomic mass is 16.5. The minimum Gasteiger partial charge on any atom is -0.387 e. The maximum absolute atomic E-state index is 12.4. The average Bonchev–Trinajstić information content (AvgIpc) is 2.47. The van der Waals surface area contributed by atoms with Crippen LogP contribution in [0.15, 0.2) is 18.3 Å². The van der Waals surface area contributed by atoms with Crippen LogP contribution in [0.2, 0.25) is 0 Å². The highest BCUT2D eigenvalue weighted by molar-refractivity contribution is 5.92. The van der Waals surface area contributed by atoms with E-state index in [2.05, 4.69) is 10.3 Å². The maximum atomic E-state index is 12.4. The number of hydrogen-bond donors (Lipinski definition) is 1. The number of aromatic nitrogens is 1. The maximum Gasteiger partial charge on any atom is 0.272 e. The van der Waals surface area contributed by atoms with Gasteiger partial charge in [0.1, 0.15) is 5.69 Å². The molecule has 1 aromatic heterocycles. The molecule has 19 heavy (non-hydrogen) atoms. The number of carbonyl (C=O) groups excluding carboxylic acids is 1. The average molecular weight is 263 g/mol. The zero-order chi connectivity index (χ0) is 13.7. The van der Waals surface area contributed by atoms with Crippen molar-refractivity contribution >= 4 is 11.6 Å². The first kappa shape index (κ1) is 13.8. The molecule has 104 valence electrons.